The molecule has 3 rings (SSSR count). The van der Waals surface area contributed by atoms with Crippen molar-refractivity contribution in [2.75, 3.05) is 13.7 Å². The SMILES string of the molecule is CN(Cc1ccccc1F)C(=O)COC(=O)c1ccccc1Oc1ccccc1. The van der Waals surface area contributed by atoms with Gasteiger partial charge in [0.1, 0.15) is 22.9 Å². The Labute approximate surface area is 168 Å². The lowest BCUT2D eigenvalue weighted by Crippen LogP contribution is -2.31. The highest BCUT2D eigenvalue weighted by atomic mass is 19.1. The Morgan fingerprint density at radius 3 is 2.31 bits per heavy atom. The van der Waals surface area contributed by atoms with Crippen LogP contribution in [-0.2, 0) is 16.1 Å². The van der Waals surface area contributed by atoms with Crippen molar-refractivity contribution in [3.8, 4) is 11.5 Å². The first-order chi connectivity index (χ1) is 14.0. The van der Waals surface area contributed by atoms with Crippen molar-refractivity contribution < 1.29 is 23.5 Å². The molecule has 0 saturated carbocycles. The Morgan fingerprint density at radius 2 is 1.55 bits per heavy atom. The van der Waals surface area contributed by atoms with Gasteiger partial charge in [-0.05, 0) is 30.3 Å². The molecule has 3 aromatic rings. The van der Waals surface area contributed by atoms with Crippen LogP contribution in [-0.4, -0.2) is 30.4 Å². The maximum atomic E-state index is 13.7. The average molecular weight is 393 g/mol. The molecule has 0 aliphatic heterocycles. The minimum Gasteiger partial charge on any atom is -0.456 e. The molecule has 0 saturated heterocycles. The zero-order chi connectivity index (χ0) is 20.6. The number of para-hydroxylation sites is 2. The van der Waals surface area contributed by atoms with E-state index in [2.05, 4.69) is 0 Å². The van der Waals surface area contributed by atoms with Crippen molar-refractivity contribution in [3.05, 3.63) is 95.8 Å². The van der Waals surface area contributed by atoms with Crippen LogP contribution >= 0.6 is 0 Å². The van der Waals surface area contributed by atoms with E-state index in [-0.39, 0.29) is 12.1 Å². The monoisotopic (exact) mass is 393 g/mol. The summed E-state index contributed by atoms with van der Waals surface area (Å²) in [4.78, 5) is 26.0. The Bertz CT molecular complexity index is 991. The average Bonchev–Trinajstić information content (AvgIpc) is 2.74. The van der Waals surface area contributed by atoms with Crippen LogP contribution in [0.4, 0.5) is 4.39 Å². The third kappa shape index (κ3) is 5.42. The Morgan fingerprint density at radius 1 is 0.897 bits per heavy atom. The standard InChI is InChI=1S/C23H20FNO4/c1-25(15-17-9-5-7-13-20(17)24)22(26)16-28-23(27)19-12-6-8-14-21(19)29-18-10-3-2-4-11-18/h2-14H,15-16H2,1H3. The van der Waals surface area contributed by atoms with E-state index in [0.717, 1.165) is 0 Å². The summed E-state index contributed by atoms with van der Waals surface area (Å²) in [5, 5.41) is 0. The van der Waals surface area contributed by atoms with E-state index in [4.69, 9.17) is 9.47 Å². The summed E-state index contributed by atoms with van der Waals surface area (Å²) in [6.07, 6.45) is 0. The van der Waals surface area contributed by atoms with Crippen LogP contribution < -0.4 is 4.74 Å². The number of amides is 1. The van der Waals surface area contributed by atoms with Gasteiger partial charge in [0, 0.05) is 19.2 Å². The molecule has 0 spiro atoms. The van der Waals surface area contributed by atoms with Gasteiger partial charge in [-0.2, -0.15) is 0 Å². The number of carbonyl (C=O) groups is 2. The largest absolute Gasteiger partial charge is 0.456 e. The molecular formula is C23H20FNO4. The molecule has 29 heavy (non-hydrogen) atoms. The van der Waals surface area contributed by atoms with Crippen molar-refractivity contribution >= 4 is 11.9 Å². The van der Waals surface area contributed by atoms with Gasteiger partial charge >= 0.3 is 5.97 Å². The second kappa shape index (κ2) is 9.50. The molecule has 0 unspecified atom stereocenters. The normalized spacial score (nSPS) is 10.3. The number of benzene rings is 3. The molecule has 0 aliphatic carbocycles. The van der Waals surface area contributed by atoms with E-state index < -0.39 is 24.3 Å². The molecule has 0 atom stereocenters. The van der Waals surface area contributed by atoms with Crippen LogP contribution in [0.25, 0.3) is 0 Å². The molecule has 0 fully saturated rings. The number of likely N-dealkylation sites (N-methyl/N-ethyl adjacent to an activating group) is 1. The van der Waals surface area contributed by atoms with Crippen molar-refractivity contribution in [1.82, 2.24) is 4.90 Å². The first-order valence-corrected chi connectivity index (χ1v) is 9.01. The quantitative estimate of drug-likeness (QED) is 0.557. The number of nitrogens with zero attached hydrogens (tertiary/aromatic N) is 1. The fourth-order valence-corrected chi connectivity index (χ4v) is 2.63. The Kier molecular flexibility index (Phi) is 6.58. The minimum absolute atomic E-state index is 0.0801. The summed E-state index contributed by atoms with van der Waals surface area (Å²) in [5.74, 6) is -0.604. The summed E-state index contributed by atoms with van der Waals surface area (Å²) in [7, 11) is 1.52. The van der Waals surface area contributed by atoms with Gasteiger partial charge in [0.2, 0.25) is 0 Å². The molecular weight excluding hydrogens is 373 g/mol. The molecule has 0 aromatic heterocycles. The molecule has 0 heterocycles. The first-order valence-electron chi connectivity index (χ1n) is 9.01. The maximum Gasteiger partial charge on any atom is 0.342 e. The highest BCUT2D eigenvalue weighted by Gasteiger charge is 2.18. The Hall–Kier alpha value is -3.67. The van der Waals surface area contributed by atoms with Gasteiger partial charge in [0.25, 0.3) is 5.91 Å². The Balaban J connectivity index is 1.60. The molecule has 1 amide bonds. The highest BCUT2D eigenvalue weighted by Crippen LogP contribution is 2.25. The lowest BCUT2D eigenvalue weighted by atomic mass is 10.2. The number of hydrogen-bond donors (Lipinski definition) is 0. The van der Waals surface area contributed by atoms with E-state index >= 15 is 0 Å². The second-order valence-corrected chi connectivity index (χ2v) is 6.33. The number of halogens is 1. The van der Waals surface area contributed by atoms with Crippen LogP contribution in [0.1, 0.15) is 15.9 Å². The predicted octanol–water partition coefficient (Wildman–Crippen LogP) is 4.43. The van der Waals surface area contributed by atoms with Crippen molar-refractivity contribution in [3.63, 3.8) is 0 Å². The lowest BCUT2D eigenvalue weighted by molar-refractivity contribution is -0.133. The van der Waals surface area contributed by atoms with Crippen LogP contribution in [0.2, 0.25) is 0 Å². The third-order valence-electron chi connectivity index (χ3n) is 4.20. The van der Waals surface area contributed by atoms with E-state index in [1.54, 1.807) is 54.6 Å². The second-order valence-electron chi connectivity index (χ2n) is 6.33. The molecule has 3 aromatic carbocycles. The van der Waals surface area contributed by atoms with Crippen LogP contribution in [0, 0.1) is 5.82 Å². The fraction of sp³-hybridized carbons (Fsp3) is 0.130. The van der Waals surface area contributed by atoms with Gasteiger partial charge in [-0.15, -0.1) is 0 Å². The van der Waals surface area contributed by atoms with E-state index in [1.807, 2.05) is 18.2 Å². The molecule has 6 heteroatoms. The van der Waals surface area contributed by atoms with Crippen molar-refractivity contribution in [2.45, 2.75) is 6.54 Å². The van der Waals surface area contributed by atoms with Gasteiger partial charge in [-0.3, -0.25) is 4.79 Å². The summed E-state index contributed by atoms with van der Waals surface area (Å²) >= 11 is 0. The molecule has 0 N–H and O–H groups in total. The van der Waals surface area contributed by atoms with Gasteiger partial charge in [-0.1, -0.05) is 48.5 Å². The van der Waals surface area contributed by atoms with E-state index in [9.17, 15) is 14.0 Å². The van der Waals surface area contributed by atoms with Gasteiger partial charge in [0.15, 0.2) is 6.61 Å². The summed E-state index contributed by atoms with van der Waals surface area (Å²) in [5.41, 5.74) is 0.595. The number of rotatable bonds is 7. The smallest absolute Gasteiger partial charge is 0.342 e. The van der Waals surface area contributed by atoms with Crippen LogP contribution in [0.3, 0.4) is 0 Å². The predicted molar refractivity (Wildman–Crippen MR) is 106 cm³/mol. The lowest BCUT2D eigenvalue weighted by Gasteiger charge is -2.18. The number of hydrogen-bond acceptors (Lipinski definition) is 4. The zero-order valence-corrected chi connectivity index (χ0v) is 15.9. The first kappa shape index (κ1) is 20.1. The molecule has 0 aliphatic rings. The number of esters is 1. The highest BCUT2D eigenvalue weighted by molar-refractivity contribution is 5.94. The molecule has 5 nitrogen and oxygen atoms in total. The summed E-state index contributed by atoms with van der Waals surface area (Å²) in [6, 6.07) is 21.9. The molecule has 148 valence electrons. The summed E-state index contributed by atoms with van der Waals surface area (Å²) < 4.78 is 24.6. The van der Waals surface area contributed by atoms with Crippen molar-refractivity contribution in [2.24, 2.45) is 0 Å². The van der Waals surface area contributed by atoms with Gasteiger partial charge < -0.3 is 14.4 Å². The zero-order valence-electron chi connectivity index (χ0n) is 15.9. The van der Waals surface area contributed by atoms with Gasteiger partial charge in [-0.25, -0.2) is 9.18 Å². The number of ether oxygens (including phenoxy) is 2. The fourth-order valence-electron chi connectivity index (χ4n) is 2.63. The maximum absolute atomic E-state index is 13.7. The third-order valence-corrected chi connectivity index (χ3v) is 4.20. The van der Waals surface area contributed by atoms with Crippen LogP contribution in [0.5, 0.6) is 11.5 Å². The minimum atomic E-state index is -0.677. The number of carbonyl (C=O) groups excluding carboxylic acids is 2. The molecule has 0 bridgehead atoms. The van der Waals surface area contributed by atoms with E-state index in [1.165, 1.54) is 18.0 Å². The van der Waals surface area contributed by atoms with Gasteiger partial charge in [0.05, 0.1) is 0 Å². The summed E-state index contributed by atoms with van der Waals surface area (Å²) in [6.45, 7) is -0.375. The van der Waals surface area contributed by atoms with E-state index in [0.29, 0.717) is 17.1 Å². The van der Waals surface area contributed by atoms with Crippen molar-refractivity contribution in [1.29, 1.82) is 0 Å². The topological polar surface area (TPSA) is 55.8 Å². The van der Waals surface area contributed by atoms with Crippen LogP contribution in [0.15, 0.2) is 78.9 Å². The molecule has 0 radical (unpaired) electrons.